The Morgan fingerprint density at radius 1 is 1.26 bits per heavy atom. The van der Waals surface area contributed by atoms with Crippen LogP contribution < -0.4 is 10.6 Å². The third-order valence-electron chi connectivity index (χ3n) is 3.75. The van der Waals surface area contributed by atoms with Crippen molar-refractivity contribution in [2.45, 2.75) is 32.7 Å². The summed E-state index contributed by atoms with van der Waals surface area (Å²) in [6.07, 6.45) is 2.67. The van der Waals surface area contributed by atoms with Crippen LogP contribution in [-0.2, 0) is 11.3 Å². The molecule has 1 aliphatic rings. The molecule has 5 nitrogen and oxygen atoms in total. The lowest BCUT2D eigenvalue weighted by Gasteiger charge is -2.16. The van der Waals surface area contributed by atoms with Gasteiger partial charge in [-0.3, -0.25) is 9.59 Å². The molecule has 128 valence electrons. The highest BCUT2D eigenvalue weighted by atomic mass is 35.5. The molecule has 1 aromatic carbocycles. The number of hydrogen-bond donors (Lipinski definition) is 2. The molecule has 23 heavy (non-hydrogen) atoms. The Bertz CT molecular complexity index is 522. The zero-order valence-corrected chi connectivity index (χ0v) is 14.5. The van der Waals surface area contributed by atoms with Gasteiger partial charge in [-0.1, -0.05) is 19.1 Å². The second-order valence-electron chi connectivity index (χ2n) is 5.63. The van der Waals surface area contributed by atoms with Gasteiger partial charge >= 0.3 is 0 Å². The van der Waals surface area contributed by atoms with Gasteiger partial charge in [0.05, 0.1) is 0 Å². The number of carbonyl (C=O) groups is 2. The van der Waals surface area contributed by atoms with Crippen molar-refractivity contribution >= 4 is 24.2 Å². The largest absolute Gasteiger partial charge is 0.351 e. The maximum atomic E-state index is 12.1. The van der Waals surface area contributed by atoms with Crippen LogP contribution in [0.5, 0.6) is 0 Å². The minimum Gasteiger partial charge on any atom is -0.351 e. The third-order valence-corrected chi connectivity index (χ3v) is 3.75. The molecule has 2 rings (SSSR count). The van der Waals surface area contributed by atoms with Gasteiger partial charge in [0.2, 0.25) is 5.91 Å². The monoisotopic (exact) mass is 339 g/mol. The summed E-state index contributed by atoms with van der Waals surface area (Å²) in [5.41, 5.74) is 1.66. The van der Waals surface area contributed by atoms with Crippen LogP contribution in [0.1, 0.15) is 42.1 Å². The van der Waals surface area contributed by atoms with Crippen LogP contribution in [0.15, 0.2) is 24.3 Å². The molecule has 1 saturated heterocycles. The zero-order chi connectivity index (χ0) is 15.8. The number of amides is 2. The minimum atomic E-state index is -0.0621. The number of likely N-dealkylation sites (tertiary alicyclic amines) is 1. The van der Waals surface area contributed by atoms with Crippen LogP contribution >= 0.6 is 12.4 Å². The molecule has 6 heteroatoms. The van der Waals surface area contributed by atoms with Gasteiger partial charge in [0.15, 0.2) is 0 Å². The van der Waals surface area contributed by atoms with E-state index in [-0.39, 0.29) is 24.2 Å². The quantitative estimate of drug-likeness (QED) is 0.712. The topological polar surface area (TPSA) is 61.4 Å². The second kappa shape index (κ2) is 10.2. The first-order chi connectivity index (χ1) is 10.7. The van der Waals surface area contributed by atoms with Gasteiger partial charge in [-0.05, 0) is 37.1 Å². The van der Waals surface area contributed by atoms with E-state index in [1.807, 2.05) is 29.2 Å². The van der Waals surface area contributed by atoms with E-state index in [4.69, 9.17) is 0 Å². The molecule has 2 N–H and O–H groups in total. The van der Waals surface area contributed by atoms with Crippen molar-refractivity contribution in [3.8, 4) is 0 Å². The number of carbonyl (C=O) groups excluding carboxylic acids is 2. The molecule has 0 aromatic heterocycles. The van der Waals surface area contributed by atoms with Gasteiger partial charge in [-0.2, -0.15) is 0 Å². The first-order valence-electron chi connectivity index (χ1n) is 8.06. The summed E-state index contributed by atoms with van der Waals surface area (Å²) in [6.45, 7) is 5.89. The molecule has 1 fully saturated rings. The molecule has 1 aliphatic heterocycles. The fourth-order valence-corrected chi connectivity index (χ4v) is 2.57. The molecule has 0 unspecified atom stereocenters. The Balaban J connectivity index is 0.00000264. The molecule has 1 heterocycles. The van der Waals surface area contributed by atoms with E-state index in [2.05, 4.69) is 17.6 Å². The molecular weight excluding hydrogens is 314 g/mol. The molecule has 1 aromatic rings. The standard InChI is InChI=1S/C17H25N3O2.ClH/c1-2-8-18-9-10-19-17(22)15-6-3-5-14(12-15)13-20-11-4-7-16(20)21;/h3,5-6,12,18H,2,4,7-11,13H2,1H3,(H,19,22);1H. The highest BCUT2D eigenvalue weighted by Gasteiger charge is 2.20. The van der Waals surface area contributed by atoms with Crippen LogP contribution in [0.4, 0.5) is 0 Å². The van der Waals surface area contributed by atoms with Crippen molar-refractivity contribution in [2.24, 2.45) is 0 Å². The van der Waals surface area contributed by atoms with E-state index < -0.39 is 0 Å². The molecular formula is C17H26ClN3O2. The summed E-state index contributed by atoms with van der Waals surface area (Å²) in [7, 11) is 0. The molecule has 0 aliphatic carbocycles. The van der Waals surface area contributed by atoms with Gasteiger partial charge in [-0.25, -0.2) is 0 Å². The van der Waals surface area contributed by atoms with Crippen LogP contribution in [-0.4, -0.2) is 42.9 Å². The van der Waals surface area contributed by atoms with Gasteiger partial charge in [0.25, 0.3) is 5.91 Å². The lowest BCUT2D eigenvalue weighted by Crippen LogP contribution is -2.32. The van der Waals surface area contributed by atoms with E-state index in [9.17, 15) is 9.59 Å². The first-order valence-corrected chi connectivity index (χ1v) is 8.06. The molecule has 0 atom stereocenters. The predicted octanol–water partition coefficient (Wildman–Crippen LogP) is 1.96. The van der Waals surface area contributed by atoms with Gasteiger partial charge < -0.3 is 15.5 Å². The summed E-state index contributed by atoms with van der Waals surface area (Å²) < 4.78 is 0. The number of nitrogens with zero attached hydrogens (tertiary/aromatic N) is 1. The fourth-order valence-electron chi connectivity index (χ4n) is 2.57. The van der Waals surface area contributed by atoms with Gasteiger partial charge in [0.1, 0.15) is 0 Å². The number of benzene rings is 1. The van der Waals surface area contributed by atoms with E-state index >= 15 is 0 Å². The Hall–Kier alpha value is -1.59. The minimum absolute atomic E-state index is 0. The average molecular weight is 340 g/mol. The van der Waals surface area contributed by atoms with E-state index in [1.165, 1.54) is 0 Å². The summed E-state index contributed by atoms with van der Waals surface area (Å²) >= 11 is 0. The lowest BCUT2D eigenvalue weighted by molar-refractivity contribution is -0.128. The van der Waals surface area contributed by atoms with Crippen molar-refractivity contribution in [2.75, 3.05) is 26.2 Å². The summed E-state index contributed by atoms with van der Waals surface area (Å²) in [5, 5.41) is 6.15. The first kappa shape index (κ1) is 19.5. The van der Waals surface area contributed by atoms with Crippen molar-refractivity contribution in [3.05, 3.63) is 35.4 Å². The second-order valence-corrected chi connectivity index (χ2v) is 5.63. The SMILES string of the molecule is CCCNCCNC(=O)c1cccc(CN2CCCC2=O)c1.Cl. The van der Waals surface area contributed by atoms with Crippen LogP contribution in [0.2, 0.25) is 0 Å². The van der Waals surface area contributed by atoms with E-state index in [1.54, 1.807) is 0 Å². The Kier molecular flexibility index (Phi) is 8.66. The van der Waals surface area contributed by atoms with Crippen molar-refractivity contribution in [1.82, 2.24) is 15.5 Å². The van der Waals surface area contributed by atoms with Crippen molar-refractivity contribution < 1.29 is 9.59 Å². The summed E-state index contributed by atoms with van der Waals surface area (Å²) in [6, 6.07) is 7.52. The molecule has 0 radical (unpaired) electrons. The zero-order valence-electron chi connectivity index (χ0n) is 13.6. The Labute approximate surface area is 144 Å². The van der Waals surface area contributed by atoms with Crippen LogP contribution in [0, 0.1) is 0 Å². The number of rotatable bonds is 8. The number of nitrogens with one attached hydrogen (secondary N) is 2. The predicted molar refractivity (Wildman–Crippen MR) is 93.8 cm³/mol. The third kappa shape index (κ3) is 6.20. The van der Waals surface area contributed by atoms with Crippen molar-refractivity contribution in [1.29, 1.82) is 0 Å². The van der Waals surface area contributed by atoms with Crippen molar-refractivity contribution in [3.63, 3.8) is 0 Å². The van der Waals surface area contributed by atoms with Crippen LogP contribution in [0.25, 0.3) is 0 Å². The molecule has 0 saturated carbocycles. The van der Waals surface area contributed by atoms with E-state index in [0.29, 0.717) is 25.1 Å². The highest BCUT2D eigenvalue weighted by Crippen LogP contribution is 2.15. The highest BCUT2D eigenvalue weighted by molar-refractivity contribution is 5.94. The normalized spacial score (nSPS) is 13.8. The maximum Gasteiger partial charge on any atom is 0.251 e. The van der Waals surface area contributed by atoms with Crippen LogP contribution in [0.3, 0.4) is 0 Å². The average Bonchev–Trinajstić information content (AvgIpc) is 2.92. The molecule has 0 bridgehead atoms. The smallest absolute Gasteiger partial charge is 0.251 e. The molecule has 0 spiro atoms. The summed E-state index contributed by atoms with van der Waals surface area (Å²) in [5.74, 6) is 0.143. The lowest BCUT2D eigenvalue weighted by atomic mass is 10.1. The van der Waals surface area contributed by atoms with Gasteiger partial charge in [0, 0.05) is 38.2 Å². The maximum absolute atomic E-state index is 12.1. The Morgan fingerprint density at radius 3 is 2.78 bits per heavy atom. The van der Waals surface area contributed by atoms with Gasteiger partial charge in [-0.15, -0.1) is 12.4 Å². The number of hydrogen-bond acceptors (Lipinski definition) is 3. The van der Waals surface area contributed by atoms with E-state index in [0.717, 1.165) is 38.0 Å². The fraction of sp³-hybridized carbons (Fsp3) is 0.529. The molecule has 2 amide bonds. The number of halogens is 1. The summed E-state index contributed by atoms with van der Waals surface area (Å²) in [4.78, 5) is 25.6. The Morgan fingerprint density at radius 2 is 2.09 bits per heavy atom.